The van der Waals surface area contributed by atoms with Gasteiger partial charge in [-0.3, -0.25) is 4.79 Å². The molecule has 4 nitrogen and oxygen atoms in total. The fourth-order valence-electron chi connectivity index (χ4n) is 2.88. The molecule has 0 heterocycles. The van der Waals surface area contributed by atoms with Crippen LogP contribution in [-0.4, -0.2) is 53.9 Å². The van der Waals surface area contributed by atoms with E-state index in [1.807, 2.05) is 6.92 Å². The van der Waals surface area contributed by atoms with Gasteiger partial charge in [-0.1, -0.05) is 6.92 Å². The second-order valence-electron chi connectivity index (χ2n) is 5.51. The first-order chi connectivity index (χ1) is 9.20. The highest BCUT2D eigenvalue weighted by Crippen LogP contribution is 2.32. The number of aliphatic carboxylic acids is 1. The molecule has 0 saturated heterocycles. The predicted octanol–water partition coefficient (Wildman–Crippen LogP) is 2.25. The van der Waals surface area contributed by atoms with Crippen molar-refractivity contribution >= 4 is 5.97 Å². The van der Waals surface area contributed by atoms with E-state index in [0.717, 1.165) is 6.42 Å². The summed E-state index contributed by atoms with van der Waals surface area (Å²) in [6.07, 6.45) is -2.70. The maximum absolute atomic E-state index is 12.3. The summed E-state index contributed by atoms with van der Waals surface area (Å²) < 4.78 is 36.8. The number of alkyl halides is 3. The van der Waals surface area contributed by atoms with Crippen LogP contribution >= 0.6 is 0 Å². The van der Waals surface area contributed by atoms with Crippen molar-refractivity contribution in [1.29, 1.82) is 0 Å². The topological polar surface area (TPSA) is 52.6 Å². The Labute approximate surface area is 117 Å². The average molecular weight is 296 g/mol. The van der Waals surface area contributed by atoms with Gasteiger partial charge in [0.15, 0.2) is 0 Å². The Balaban J connectivity index is 2.65. The number of hydrogen-bond donors (Lipinski definition) is 2. The molecule has 1 rings (SSSR count). The van der Waals surface area contributed by atoms with E-state index in [2.05, 4.69) is 5.32 Å². The van der Waals surface area contributed by atoms with Gasteiger partial charge >= 0.3 is 12.1 Å². The molecular formula is C13H23F3N2O2. The Morgan fingerprint density at radius 2 is 2.15 bits per heavy atom. The van der Waals surface area contributed by atoms with E-state index in [4.69, 9.17) is 0 Å². The summed E-state index contributed by atoms with van der Waals surface area (Å²) in [5.74, 6) is -0.909. The van der Waals surface area contributed by atoms with Crippen molar-refractivity contribution in [2.45, 2.75) is 56.8 Å². The minimum atomic E-state index is -4.17. The summed E-state index contributed by atoms with van der Waals surface area (Å²) in [7, 11) is 1.64. The number of carbonyl (C=O) groups is 1. The Morgan fingerprint density at radius 1 is 1.50 bits per heavy atom. The molecule has 0 aromatic carbocycles. The van der Waals surface area contributed by atoms with Gasteiger partial charge in [0.1, 0.15) is 5.54 Å². The fourth-order valence-corrected chi connectivity index (χ4v) is 2.88. The van der Waals surface area contributed by atoms with Crippen molar-refractivity contribution < 1.29 is 23.1 Å². The monoisotopic (exact) mass is 296 g/mol. The van der Waals surface area contributed by atoms with Crippen LogP contribution in [0.15, 0.2) is 0 Å². The molecule has 2 atom stereocenters. The Kier molecular flexibility index (Phi) is 5.82. The summed E-state index contributed by atoms with van der Waals surface area (Å²) in [5, 5.41) is 12.4. The summed E-state index contributed by atoms with van der Waals surface area (Å²) >= 11 is 0. The van der Waals surface area contributed by atoms with Crippen LogP contribution in [-0.2, 0) is 4.79 Å². The third-order valence-electron chi connectivity index (χ3n) is 4.02. The van der Waals surface area contributed by atoms with Crippen LogP contribution in [0.4, 0.5) is 13.2 Å². The number of rotatable bonds is 6. The fraction of sp³-hybridized carbons (Fsp3) is 0.923. The van der Waals surface area contributed by atoms with Crippen LogP contribution in [0.5, 0.6) is 0 Å². The van der Waals surface area contributed by atoms with Crippen LogP contribution in [0.3, 0.4) is 0 Å². The van der Waals surface area contributed by atoms with Crippen molar-refractivity contribution in [3.8, 4) is 0 Å². The lowest BCUT2D eigenvalue weighted by Gasteiger charge is -2.41. The molecule has 0 aromatic rings. The summed E-state index contributed by atoms with van der Waals surface area (Å²) in [6, 6.07) is -0.124. The van der Waals surface area contributed by atoms with E-state index >= 15 is 0 Å². The van der Waals surface area contributed by atoms with Crippen LogP contribution in [0.1, 0.15) is 39.0 Å². The second kappa shape index (κ2) is 6.76. The van der Waals surface area contributed by atoms with E-state index in [1.54, 1.807) is 11.9 Å². The molecular weight excluding hydrogens is 273 g/mol. The second-order valence-corrected chi connectivity index (χ2v) is 5.51. The highest BCUT2D eigenvalue weighted by atomic mass is 19.4. The highest BCUT2D eigenvalue weighted by Gasteiger charge is 2.43. The van der Waals surface area contributed by atoms with Gasteiger partial charge in [0.2, 0.25) is 0 Å². The van der Waals surface area contributed by atoms with Gasteiger partial charge in [-0.15, -0.1) is 0 Å². The van der Waals surface area contributed by atoms with Gasteiger partial charge in [0.05, 0.1) is 6.42 Å². The van der Waals surface area contributed by atoms with Gasteiger partial charge in [-0.2, -0.15) is 13.2 Å². The zero-order valence-corrected chi connectivity index (χ0v) is 12.0. The Hall–Kier alpha value is -0.820. The van der Waals surface area contributed by atoms with Crippen LogP contribution in [0, 0.1) is 0 Å². The molecule has 7 heteroatoms. The number of halogens is 3. The molecule has 1 aliphatic carbocycles. The molecule has 1 saturated carbocycles. The van der Waals surface area contributed by atoms with Crippen molar-refractivity contribution in [1.82, 2.24) is 10.2 Å². The number of hydrogen-bond acceptors (Lipinski definition) is 3. The minimum absolute atomic E-state index is 0.0873. The zero-order valence-electron chi connectivity index (χ0n) is 12.0. The first-order valence-electron chi connectivity index (χ1n) is 6.95. The first kappa shape index (κ1) is 17.2. The molecule has 0 radical (unpaired) electrons. The number of nitrogens with one attached hydrogen (secondary N) is 1. The van der Waals surface area contributed by atoms with Crippen LogP contribution in [0.25, 0.3) is 0 Å². The molecule has 1 fully saturated rings. The lowest BCUT2D eigenvalue weighted by Crippen LogP contribution is -2.58. The Bertz CT molecular complexity index is 332. The maximum atomic E-state index is 12.3. The summed E-state index contributed by atoms with van der Waals surface area (Å²) in [5.41, 5.74) is -0.996. The smallest absolute Gasteiger partial charge is 0.390 e. The first-order valence-corrected chi connectivity index (χ1v) is 6.95. The number of carboxylic acids is 1. The molecule has 0 bridgehead atoms. The molecule has 2 unspecified atom stereocenters. The number of nitrogens with zero attached hydrogens (tertiary/aromatic N) is 1. The Morgan fingerprint density at radius 3 is 2.65 bits per heavy atom. The van der Waals surface area contributed by atoms with Gasteiger partial charge in [0, 0.05) is 12.6 Å². The number of likely N-dealkylation sites (N-methyl/N-ethyl adjacent to an activating group) is 1. The molecule has 118 valence electrons. The summed E-state index contributed by atoms with van der Waals surface area (Å²) in [6.45, 7) is 2.28. The van der Waals surface area contributed by atoms with Crippen molar-refractivity contribution in [2.75, 3.05) is 20.1 Å². The zero-order chi connectivity index (χ0) is 15.4. The standard InChI is InChI=1S/C13H23F3N2O2/c1-3-17-12(11(19)20)6-4-5-10(9-12)18(2)8-7-13(14,15)16/h10,17H,3-9H2,1-2H3,(H,19,20). The summed E-state index contributed by atoms with van der Waals surface area (Å²) in [4.78, 5) is 13.1. The molecule has 20 heavy (non-hydrogen) atoms. The third-order valence-corrected chi connectivity index (χ3v) is 4.02. The van der Waals surface area contributed by atoms with E-state index in [9.17, 15) is 23.1 Å². The van der Waals surface area contributed by atoms with Crippen molar-refractivity contribution in [3.63, 3.8) is 0 Å². The minimum Gasteiger partial charge on any atom is -0.480 e. The molecule has 1 aliphatic rings. The maximum Gasteiger partial charge on any atom is 0.390 e. The van der Waals surface area contributed by atoms with Gasteiger partial charge in [-0.25, -0.2) is 0 Å². The largest absolute Gasteiger partial charge is 0.480 e. The van der Waals surface area contributed by atoms with E-state index < -0.39 is 24.1 Å². The molecule has 2 N–H and O–H groups in total. The lowest BCUT2D eigenvalue weighted by molar-refractivity contribution is -0.149. The van der Waals surface area contributed by atoms with E-state index in [1.165, 1.54) is 0 Å². The van der Waals surface area contributed by atoms with Gasteiger partial charge < -0.3 is 15.3 Å². The molecule has 0 amide bonds. The van der Waals surface area contributed by atoms with Crippen molar-refractivity contribution in [2.24, 2.45) is 0 Å². The quantitative estimate of drug-likeness (QED) is 0.789. The van der Waals surface area contributed by atoms with Crippen LogP contribution in [0.2, 0.25) is 0 Å². The highest BCUT2D eigenvalue weighted by molar-refractivity contribution is 5.79. The van der Waals surface area contributed by atoms with Gasteiger partial charge in [-0.05, 0) is 39.3 Å². The van der Waals surface area contributed by atoms with E-state index in [0.29, 0.717) is 25.8 Å². The normalized spacial score (nSPS) is 27.8. The molecule has 0 spiro atoms. The third kappa shape index (κ3) is 4.63. The van der Waals surface area contributed by atoms with Crippen LogP contribution < -0.4 is 5.32 Å². The van der Waals surface area contributed by atoms with Crippen molar-refractivity contribution in [3.05, 3.63) is 0 Å². The molecule has 0 aliphatic heterocycles. The van der Waals surface area contributed by atoms with E-state index in [-0.39, 0.29) is 12.6 Å². The van der Waals surface area contributed by atoms with Gasteiger partial charge in [0.25, 0.3) is 0 Å². The predicted molar refractivity (Wildman–Crippen MR) is 69.6 cm³/mol. The SMILES string of the molecule is CCNC1(C(=O)O)CCCC(N(C)CCC(F)(F)F)C1. The average Bonchev–Trinajstić information content (AvgIpc) is 2.35. The lowest BCUT2D eigenvalue weighted by atomic mass is 9.78. The number of carboxylic acid groups (broad SMARTS) is 1. The molecule has 0 aromatic heterocycles.